The first-order chi connectivity index (χ1) is 9.08. The molecule has 1 aliphatic rings. The van der Waals surface area contributed by atoms with E-state index in [1.807, 2.05) is 37.3 Å². The van der Waals surface area contributed by atoms with Crippen molar-refractivity contribution >= 4 is 0 Å². The van der Waals surface area contributed by atoms with Gasteiger partial charge < -0.3 is 5.11 Å². The molecule has 1 aliphatic carbocycles. The Morgan fingerprint density at radius 2 is 2.11 bits per heavy atom. The zero-order chi connectivity index (χ0) is 13.9. The summed E-state index contributed by atoms with van der Waals surface area (Å²) in [5, 5.41) is 21.0. The highest BCUT2D eigenvalue weighted by atomic mass is 16.3. The minimum Gasteiger partial charge on any atom is -0.383 e. The van der Waals surface area contributed by atoms with E-state index in [1.165, 1.54) is 0 Å². The predicted octanol–water partition coefficient (Wildman–Crippen LogP) is 4.00. The molecule has 1 saturated carbocycles. The number of benzene rings is 1. The molecule has 1 fully saturated rings. The maximum absolute atomic E-state index is 11.3. The van der Waals surface area contributed by atoms with Gasteiger partial charge in [-0.1, -0.05) is 57.0 Å². The molecule has 102 valence electrons. The Bertz CT molecular complexity index is 464. The summed E-state index contributed by atoms with van der Waals surface area (Å²) in [4.78, 5) is 0. The van der Waals surface area contributed by atoms with Gasteiger partial charge in [0.05, 0.1) is 11.5 Å². The van der Waals surface area contributed by atoms with Crippen LogP contribution in [0, 0.1) is 22.7 Å². The van der Waals surface area contributed by atoms with Gasteiger partial charge in [0, 0.05) is 0 Å². The number of aliphatic hydroxyl groups is 1. The summed E-state index contributed by atoms with van der Waals surface area (Å²) in [6.07, 6.45) is 4.37. The Kier molecular flexibility index (Phi) is 3.96. The van der Waals surface area contributed by atoms with Crippen LogP contribution in [0.3, 0.4) is 0 Å². The highest BCUT2D eigenvalue weighted by Gasteiger charge is 2.52. The lowest BCUT2D eigenvalue weighted by molar-refractivity contribution is -0.0899. The molecule has 2 heteroatoms. The van der Waals surface area contributed by atoms with E-state index in [-0.39, 0.29) is 0 Å². The predicted molar refractivity (Wildman–Crippen MR) is 76.3 cm³/mol. The molecule has 0 aromatic heterocycles. The molecular formula is C17H23NO. The molecule has 0 saturated heterocycles. The standard InChI is InChI=1S/C17H23NO/c1-3-17(19,15-9-5-4-6-10-15)16(13-18)11-7-8-14(2)12-16/h4-6,9-10,14,19H,3,7-8,11-12H2,1-2H3. The van der Waals surface area contributed by atoms with Gasteiger partial charge in [-0.05, 0) is 30.7 Å². The van der Waals surface area contributed by atoms with E-state index in [0.717, 1.165) is 31.2 Å². The summed E-state index contributed by atoms with van der Waals surface area (Å²) in [7, 11) is 0. The van der Waals surface area contributed by atoms with Crippen LogP contribution in [0.1, 0.15) is 51.5 Å². The quantitative estimate of drug-likeness (QED) is 0.889. The summed E-state index contributed by atoms with van der Waals surface area (Å²) in [5.74, 6) is 0.509. The van der Waals surface area contributed by atoms with E-state index in [4.69, 9.17) is 0 Å². The number of nitriles is 1. The molecule has 2 nitrogen and oxygen atoms in total. The van der Waals surface area contributed by atoms with Crippen LogP contribution in [0.25, 0.3) is 0 Å². The van der Waals surface area contributed by atoms with Gasteiger partial charge in [0.1, 0.15) is 5.60 Å². The van der Waals surface area contributed by atoms with Crippen LogP contribution >= 0.6 is 0 Å². The lowest BCUT2D eigenvalue weighted by Gasteiger charge is -2.46. The topological polar surface area (TPSA) is 44.0 Å². The van der Waals surface area contributed by atoms with Crippen molar-refractivity contribution < 1.29 is 5.11 Å². The Hall–Kier alpha value is -1.33. The van der Waals surface area contributed by atoms with Gasteiger partial charge in [-0.25, -0.2) is 0 Å². The smallest absolute Gasteiger partial charge is 0.108 e. The molecule has 19 heavy (non-hydrogen) atoms. The minimum absolute atomic E-state index is 0.509. The maximum Gasteiger partial charge on any atom is 0.108 e. The van der Waals surface area contributed by atoms with Crippen molar-refractivity contribution in [2.75, 3.05) is 0 Å². The number of hydrogen-bond donors (Lipinski definition) is 1. The van der Waals surface area contributed by atoms with Gasteiger partial charge in [0.15, 0.2) is 0 Å². The van der Waals surface area contributed by atoms with Gasteiger partial charge in [-0.2, -0.15) is 5.26 Å². The van der Waals surface area contributed by atoms with Crippen molar-refractivity contribution in [1.29, 1.82) is 5.26 Å². The van der Waals surface area contributed by atoms with E-state index in [0.29, 0.717) is 12.3 Å². The highest BCUT2D eigenvalue weighted by molar-refractivity contribution is 5.29. The van der Waals surface area contributed by atoms with Crippen molar-refractivity contribution in [3.05, 3.63) is 35.9 Å². The fourth-order valence-electron chi connectivity index (χ4n) is 3.65. The Balaban J connectivity index is 2.47. The zero-order valence-electron chi connectivity index (χ0n) is 11.9. The molecule has 2 rings (SSSR count). The Labute approximate surface area is 116 Å². The third-order valence-electron chi connectivity index (χ3n) is 4.77. The van der Waals surface area contributed by atoms with Crippen LogP contribution in [-0.4, -0.2) is 5.11 Å². The second-order valence-corrected chi connectivity index (χ2v) is 5.98. The maximum atomic E-state index is 11.3. The van der Waals surface area contributed by atoms with Gasteiger partial charge in [-0.3, -0.25) is 0 Å². The molecule has 0 spiro atoms. The summed E-state index contributed by atoms with van der Waals surface area (Å²) in [5.41, 5.74) is -0.786. The SMILES string of the molecule is CCC(O)(c1ccccc1)C1(C#N)CCCC(C)C1. The van der Waals surface area contributed by atoms with Crippen molar-refractivity contribution in [2.24, 2.45) is 11.3 Å². The number of nitrogens with zero attached hydrogens (tertiary/aromatic N) is 1. The average Bonchev–Trinajstić information content (AvgIpc) is 2.47. The molecule has 0 radical (unpaired) electrons. The summed E-state index contributed by atoms with van der Waals surface area (Å²) in [6, 6.07) is 12.2. The molecule has 3 atom stereocenters. The van der Waals surface area contributed by atoms with Gasteiger partial charge in [-0.15, -0.1) is 0 Å². The van der Waals surface area contributed by atoms with Crippen molar-refractivity contribution in [3.8, 4) is 6.07 Å². The van der Waals surface area contributed by atoms with Crippen LogP contribution in [0.15, 0.2) is 30.3 Å². The lowest BCUT2D eigenvalue weighted by Crippen LogP contribution is -2.47. The molecule has 0 aliphatic heterocycles. The molecular weight excluding hydrogens is 234 g/mol. The second kappa shape index (κ2) is 5.35. The van der Waals surface area contributed by atoms with Crippen LogP contribution in [0.5, 0.6) is 0 Å². The second-order valence-electron chi connectivity index (χ2n) is 5.98. The first kappa shape index (κ1) is 14.1. The molecule has 1 aromatic rings. The summed E-state index contributed by atoms with van der Waals surface area (Å²) in [6.45, 7) is 4.16. The fourth-order valence-corrected chi connectivity index (χ4v) is 3.65. The Morgan fingerprint density at radius 1 is 1.42 bits per heavy atom. The van der Waals surface area contributed by atoms with E-state index >= 15 is 0 Å². The number of hydrogen-bond acceptors (Lipinski definition) is 2. The van der Waals surface area contributed by atoms with Crippen molar-refractivity contribution in [2.45, 2.75) is 51.6 Å². The molecule has 0 bridgehead atoms. The lowest BCUT2D eigenvalue weighted by atomic mass is 9.59. The van der Waals surface area contributed by atoms with E-state index < -0.39 is 11.0 Å². The molecule has 1 N–H and O–H groups in total. The normalized spacial score (nSPS) is 30.3. The summed E-state index contributed by atoms with van der Waals surface area (Å²) >= 11 is 0. The van der Waals surface area contributed by atoms with Crippen molar-refractivity contribution in [3.63, 3.8) is 0 Å². The van der Waals surface area contributed by atoms with Crippen LogP contribution in [0.2, 0.25) is 0 Å². The minimum atomic E-state index is -1.03. The molecule has 1 aromatic carbocycles. The highest BCUT2D eigenvalue weighted by Crippen LogP contribution is 2.52. The van der Waals surface area contributed by atoms with E-state index in [1.54, 1.807) is 0 Å². The monoisotopic (exact) mass is 257 g/mol. The molecule has 3 unspecified atom stereocenters. The van der Waals surface area contributed by atoms with E-state index in [2.05, 4.69) is 13.0 Å². The van der Waals surface area contributed by atoms with Crippen LogP contribution in [0.4, 0.5) is 0 Å². The first-order valence-electron chi connectivity index (χ1n) is 7.27. The van der Waals surface area contributed by atoms with Gasteiger partial charge in [0.25, 0.3) is 0 Å². The first-order valence-corrected chi connectivity index (χ1v) is 7.27. The fraction of sp³-hybridized carbons (Fsp3) is 0.588. The Morgan fingerprint density at radius 3 is 2.63 bits per heavy atom. The van der Waals surface area contributed by atoms with Gasteiger partial charge >= 0.3 is 0 Å². The average molecular weight is 257 g/mol. The van der Waals surface area contributed by atoms with Crippen molar-refractivity contribution in [1.82, 2.24) is 0 Å². The third kappa shape index (κ3) is 2.28. The van der Waals surface area contributed by atoms with Gasteiger partial charge in [0.2, 0.25) is 0 Å². The zero-order valence-corrected chi connectivity index (χ0v) is 11.9. The summed E-state index contributed by atoms with van der Waals surface area (Å²) < 4.78 is 0. The van der Waals surface area contributed by atoms with Crippen LogP contribution in [-0.2, 0) is 5.60 Å². The largest absolute Gasteiger partial charge is 0.383 e. The number of rotatable bonds is 3. The molecule has 0 amide bonds. The van der Waals surface area contributed by atoms with E-state index in [9.17, 15) is 10.4 Å². The molecule has 0 heterocycles. The third-order valence-corrected chi connectivity index (χ3v) is 4.77. The van der Waals surface area contributed by atoms with Crippen LogP contribution < -0.4 is 0 Å².